The third kappa shape index (κ3) is 1.56. The highest BCUT2D eigenvalue weighted by Gasteiger charge is 2.09. The molecule has 1 saturated heterocycles. The normalized spacial score (nSPS) is 17.8. The number of piperazine rings is 1. The number of pyridine rings is 1. The van der Waals surface area contributed by atoms with Crippen molar-refractivity contribution in [3.05, 3.63) is 24.5 Å². The van der Waals surface area contributed by atoms with E-state index in [-0.39, 0.29) is 0 Å². The molecule has 1 radical (unpaired) electrons. The topological polar surface area (TPSA) is 28.2 Å². The smallest absolute Gasteiger partial charge is 0.114 e. The van der Waals surface area contributed by atoms with E-state index >= 15 is 0 Å². The van der Waals surface area contributed by atoms with Crippen molar-refractivity contribution in [2.24, 2.45) is 0 Å². The van der Waals surface area contributed by atoms with Crippen molar-refractivity contribution in [1.29, 1.82) is 0 Å². The van der Waals surface area contributed by atoms with Gasteiger partial charge in [-0.3, -0.25) is 4.98 Å². The van der Waals surface area contributed by atoms with Crippen molar-refractivity contribution < 1.29 is 0 Å². The average Bonchev–Trinajstić information content (AvgIpc) is 2.21. The van der Waals surface area contributed by atoms with Gasteiger partial charge in [-0.2, -0.15) is 0 Å². The molecule has 0 saturated carbocycles. The Morgan fingerprint density at radius 1 is 1.42 bits per heavy atom. The van der Waals surface area contributed by atoms with E-state index in [4.69, 9.17) is 0 Å². The lowest BCUT2D eigenvalue weighted by Gasteiger charge is -2.28. The van der Waals surface area contributed by atoms with Crippen LogP contribution in [0.4, 0.5) is 5.69 Å². The number of nitrogens with zero attached hydrogens (tertiary/aromatic N) is 2. The molecule has 1 aliphatic heterocycles. The minimum absolute atomic E-state index is 1.06. The van der Waals surface area contributed by atoms with Crippen molar-refractivity contribution in [3.8, 4) is 0 Å². The predicted molar refractivity (Wildman–Crippen MR) is 48.2 cm³/mol. The van der Waals surface area contributed by atoms with Crippen LogP contribution in [0.25, 0.3) is 0 Å². The first-order valence-electron chi connectivity index (χ1n) is 4.25. The second-order valence-corrected chi connectivity index (χ2v) is 2.87. The van der Waals surface area contributed by atoms with Gasteiger partial charge >= 0.3 is 0 Å². The highest BCUT2D eigenvalue weighted by Crippen LogP contribution is 2.10. The van der Waals surface area contributed by atoms with Gasteiger partial charge in [0.25, 0.3) is 0 Å². The summed E-state index contributed by atoms with van der Waals surface area (Å²) >= 11 is 0. The van der Waals surface area contributed by atoms with Gasteiger partial charge in [0.2, 0.25) is 0 Å². The Kier molecular flexibility index (Phi) is 2.23. The SMILES string of the molecule is [c]1ncccc1N1CCNCC1. The second kappa shape index (κ2) is 3.54. The summed E-state index contributed by atoms with van der Waals surface area (Å²) in [5, 5.41) is 3.31. The number of nitrogens with one attached hydrogen (secondary N) is 1. The molecule has 1 aromatic heterocycles. The van der Waals surface area contributed by atoms with Crippen LogP contribution in [-0.2, 0) is 0 Å². The van der Waals surface area contributed by atoms with Crippen molar-refractivity contribution in [3.63, 3.8) is 0 Å². The molecule has 3 nitrogen and oxygen atoms in total. The first-order chi connectivity index (χ1) is 5.97. The van der Waals surface area contributed by atoms with Crippen molar-refractivity contribution in [2.75, 3.05) is 31.1 Å². The zero-order valence-electron chi connectivity index (χ0n) is 6.95. The van der Waals surface area contributed by atoms with Crippen LogP contribution in [0.1, 0.15) is 0 Å². The van der Waals surface area contributed by atoms with E-state index in [0.29, 0.717) is 0 Å². The van der Waals surface area contributed by atoms with Crippen LogP contribution in [0.3, 0.4) is 0 Å². The van der Waals surface area contributed by atoms with Gasteiger partial charge in [-0.15, -0.1) is 0 Å². The summed E-state index contributed by atoms with van der Waals surface area (Å²) in [6.07, 6.45) is 4.74. The van der Waals surface area contributed by atoms with Gasteiger partial charge in [0.15, 0.2) is 0 Å². The van der Waals surface area contributed by atoms with Gasteiger partial charge in [-0.1, -0.05) is 0 Å². The van der Waals surface area contributed by atoms with Crippen LogP contribution in [0.2, 0.25) is 0 Å². The Bertz CT molecular complexity index is 229. The Morgan fingerprint density at radius 2 is 2.25 bits per heavy atom. The standard InChI is InChI=1S/C9H12N3/c1-2-9(8-11-3-1)12-6-4-10-5-7-12/h1-3,10H,4-7H2. The molecule has 12 heavy (non-hydrogen) atoms. The number of hydrogen-bond donors (Lipinski definition) is 1. The van der Waals surface area contributed by atoms with Crippen molar-refractivity contribution >= 4 is 5.69 Å². The van der Waals surface area contributed by atoms with E-state index in [9.17, 15) is 0 Å². The van der Waals surface area contributed by atoms with Gasteiger partial charge in [0.05, 0.1) is 5.69 Å². The molecule has 1 N–H and O–H groups in total. The lowest BCUT2D eigenvalue weighted by molar-refractivity contribution is 0.588. The van der Waals surface area contributed by atoms with Crippen LogP contribution in [0.5, 0.6) is 0 Å². The number of anilines is 1. The van der Waals surface area contributed by atoms with E-state index < -0.39 is 0 Å². The molecule has 3 heteroatoms. The van der Waals surface area contributed by atoms with Crippen molar-refractivity contribution in [2.45, 2.75) is 0 Å². The molecule has 0 aromatic carbocycles. The quantitative estimate of drug-likeness (QED) is 0.643. The highest BCUT2D eigenvalue weighted by atomic mass is 15.2. The zero-order chi connectivity index (χ0) is 8.23. The third-order valence-electron chi connectivity index (χ3n) is 2.05. The van der Waals surface area contributed by atoms with E-state index in [1.165, 1.54) is 0 Å². The molecule has 0 spiro atoms. The lowest BCUT2D eigenvalue weighted by Crippen LogP contribution is -2.43. The third-order valence-corrected chi connectivity index (χ3v) is 2.05. The maximum atomic E-state index is 3.97. The molecule has 0 bridgehead atoms. The first kappa shape index (κ1) is 7.55. The van der Waals surface area contributed by atoms with Gasteiger partial charge in [0, 0.05) is 32.4 Å². The molecule has 1 aliphatic rings. The summed E-state index contributed by atoms with van der Waals surface area (Å²) in [6, 6.07) is 4.01. The largest absolute Gasteiger partial charge is 0.367 e. The second-order valence-electron chi connectivity index (χ2n) is 2.87. The minimum Gasteiger partial charge on any atom is -0.367 e. The minimum atomic E-state index is 1.06. The number of rotatable bonds is 1. The molecule has 2 rings (SSSR count). The molecule has 1 fully saturated rings. The summed E-state index contributed by atoms with van der Waals surface area (Å²) in [5.74, 6) is 0. The van der Waals surface area contributed by atoms with Crippen LogP contribution in [-0.4, -0.2) is 31.2 Å². The van der Waals surface area contributed by atoms with Gasteiger partial charge in [-0.25, -0.2) is 0 Å². The van der Waals surface area contributed by atoms with Gasteiger partial charge in [0.1, 0.15) is 6.20 Å². The molecule has 0 aliphatic carbocycles. The van der Waals surface area contributed by atoms with E-state index in [1.807, 2.05) is 6.07 Å². The summed E-state index contributed by atoms with van der Waals surface area (Å²) in [5.41, 5.74) is 1.11. The Hall–Kier alpha value is -1.09. The van der Waals surface area contributed by atoms with Crippen LogP contribution in [0, 0.1) is 6.20 Å². The molecule has 2 heterocycles. The van der Waals surface area contributed by atoms with Crippen molar-refractivity contribution in [1.82, 2.24) is 10.3 Å². The van der Waals surface area contributed by atoms with E-state index in [0.717, 1.165) is 31.9 Å². The Labute approximate surface area is 72.4 Å². The average molecular weight is 162 g/mol. The summed E-state index contributed by atoms with van der Waals surface area (Å²) < 4.78 is 0. The van der Waals surface area contributed by atoms with Crippen LogP contribution < -0.4 is 10.2 Å². The fraction of sp³-hybridized carbons (Fsp3) is 0.444. The molecule has 0 atom stereocenters. The molecular weight excluding hydrogens is 150 g/mol. The molecule has 63 valence electrons. The summed E-state index contributed by atoms with van der Waals surface area (Å²) in [6.45, 7) is 4.23. The molecule has 0 amide bonds. The maximum Gasteiger partial charge on any atom is 0.114 e. The summed E-state index contributed by atoms with van der Waals surface area (Å²) in [7, 11) is 0. The monoisotopic (exact) mass is 162 g/mol. The van der Waals surface area contributed by atoms with E-state index in [1.54, 1.807) is 6.20 Å². The number of hydrogen-bond acceptors (Lipinski definition) is 3. The molecular formula is C9H12N3. The first-order valence-corrected chi connectivity index (χ1v) is 4.25. The highest BCUT2D eigenvalue weighted by molar-refractivity contribution is 5.42. The van der Waals surface area contributed by atoms with Gasteiger partial charge < -0.3 is 10.2 Å². The Morgan fingerprint density at radius 3 is 2.92 bits per heavy atom. The lowest BCUT2D eigenvalue weighted by atomic mass is 10.3. The Balaban J connectivity index is 2.08. The van der Waals surface area contributed by atoms with E-state index in [2.05, 4.69) is 27.5 Å². The fourth-order valence-electron chi connectivity index (χ4n) is 1.40. The molecule has 0 unspecified atom stereocenters. The fourth-order valence-corrected chi connectivity index (χ4v) is 1.40. The maximum absolute atomic E-state index is 3.97. The summed E-state index contributed by atoms with van der Waals surface area (Å²) in [4.78, 5) is 6.27. The van der Waals surface area contributed by atoms with Crippen LogP contribution in [0.15, 0.2) is 18.3 Å². The van der Waals surface area contributed by atoms with Crippen LogP contribution >= 0.6 is 0 Å². The molecule has 1 aromatic rings. The number of aromatic nitrogens is 1. The zero-order valence-corrected chi connectivity index (χ0v) is 6.95. The van der Waals surface area contributed by atoms with Gasteiger partial charge in [-0.05, 0) is 12.1 Å². The predicted octanol–water partition coefficient (Wildman–Crippen LogP) is 0.291.